The fourth-order valence-electron chi connectivity index (χ4n) is 0.456. The Morgan fingerprint density at radius 1 is 1.70 bits per heavy atom. The number of carboxylic acids is 1. The third-order valence-corrected chi connectivity index (χ3v) is 1.42. The van der Waals surface area contributed by atoms with E-state index in [0.717, 1.165) is 0 Å². The molecule has 0 aromatic rings. The molecule has 0 unspecified atom stereocenters. The van der Waals surface area contributed by atoms with Crippen molar-refractivity contribution in [2.45, 2.75) is 26.4 Å². The molecule has 2 atom stereocenters. The van der Waals surface area contributed by atoms with Gasteiger partial charge in [0.05, 0.1) is 12.1 Å². The molecule has 0 heterocycles. The van der Waals surface area contributed by atoms with Crippen molar-refractivity contribution in [3.63, 3.8) is 0 Å². The smallest absolute Gasteiger partial charge is 0.547 e. The van der Waals surface area contributed by atoms with Crippen molar-refractivity contribution in [1.29, 1.82) is 0 Å². The zero-order chi connectivity index (χ0) is 7.44. The van der Waals surface area contributed by atoms with E-state index in [-0.39, 0.29) is 35.5 Å². The van der Waals surface area contributed by atoms with Crippen LogP contribution >= 0.6 is 0 Å². The first-order valence-corrected chi connectivity index (χ1v) is 2.98. The molecule has 54 valence electrons. The molecule has 0 aliphatic heterocycles. The van der Waals surface area contributed by atoms with Crippen molar-refractivity contribution in [2.24, 2.45) is 5.92 Å². The Hall–Kier alpha value is 0.430. The fourth-order valence-corrected chi connectivity index (χ4v) is 0.456. The molecule has 0 saturated heterocycles. The van der Waals surface area contributed by atoms with Gasteiger partial charge in [-0.2, -0.15) is 0 Å². The quantitative estimate of drug-likeness (QED) is 0.423. The maximum absolute atomic E-state index is 9.94. The number of aliphatic hydroxyl groups is 1. The van der Waals surface area contributed by atoms with Gasteiger partial charge >= 0.3 is 29.6 Å². The van der Waals surface area contributed by atoms with Crippen LogP contribution in [0.15, 0.2) is 0 Å². The molecule has 10 heavy (non-hydrogen) atoms. The summed E-state index contributed by atoms with van der Waals surface area (Å²) in [5.74, 6) is -1.60. The predicted octanol–water partition coefficient (Wildman–Crippen LogP) is -3.85. The van der Waals surface area contributed by atoms with Crippen LogP contribution < -0.4 is 34.7 Å². The topological polar surface area (TPSA) is 60.4 Å². The van der Waals surface area contributed by atoms with Gasteiger partial charge in [0.1, 0.15) is 0 Å². The molecule has 0 amide bonds. The molecule has 0 fully saturated rings. The second kappa shape index (κ2) is 6.16. The average Bonchev–Trinajstić information content (AvgIpc) is 1.84. The Bertz CT molecular complexity index is 105. The van der Waals surface area contributed by atoms with Crippen molar-refractivity contribution in [3.05, 3.63) is 0 Å². The normalized spacial score (nSPS) is 15.1. The molecule has 0 aromatic heterocycles. The Kier molecular flexibility index (Phi) is 8.04. The van der Waals surface area contributed by atoms with E-state index in [9.17, 15) is 9.90 Å². The van der Waals surface area contributed by atoms with Gasteiger partial charge in [0.2, 0.25) is 0 Å². The van der Waals surface area contributed by atoms with Gasteiger partial charge < -0.3 is 15.0 Å². The van der Waals surface area contributed by atoms with Gasteiger partial charge in [0.15, 0.2) is 0 Å². The first-order chi connectivity index (χ1) is 4.09. The fraction of sp³-hybridized carbons (Fsp3) is 0.833. The minimum atomic E-state index is -1.38. The second-order valence-electron chi connectivity index (χ2n) is 2.15. The van der Waals surface area contributed by atoms with Crippen LogP contribution in [0.25, 0.3) is 0 Å². The van der Waals surface area contributed by atoms with Gasteiger partial charge in [0, 0.05) is 0 Å². The van der Waals surface area contributed by atoms with E-state index in [0.29, 0.717) is 6.42 Å². The summed E-state index contributed by atoms with van der Waals surface area (Å²) in [5, 5.41) is 18.7. The van der Waals surface area contributed by atoms with Crippen LogP contribution in [0.2, 0.25) is 0 Å². The predicted molar refractivity (Wildman–Crippen MR) is 30.5 cm³/mol. The van der Waals surface area contributed by atoms with Crippen LogP contribution in [0.3, 0.4) is 0 Å². The van der Waals surface area contributed by atoms with E-state index in [2.05, 4.69) is 0 Å². The van der Waals surface area contributed by atoms with Crippen LogP contribution in [0.5, 0.6) is 0 Å². The summed E-state index contributed by atoms with van der Waals surface area (Å²) in [4.78, 5) is 9.94. The van der Waals surface area contributed by atoms with E-state index < -0.39 is 12.1 Å². The molecule has 0 bridgehead atoms. The molecule has 3 nitrogen and oxygen atoms in total. The second-order valence-corrected chi connectivity index (χ2v) is 2.15. The number of hydrogen-bond acceptors (Lipinski definition) is 3. The Morgan fingerprint density at radius 3 is 2.20 bits per heavy atom. The molecule has 0 aromatic carbocycles. The van der Waals surface area contributed by atoms with Crippen LogP contribution in [0, 0.1) is 5.92 Å². The first-order valence-electron chi connectivity index (χ1n) is 2.98. The third kappa shape index (κ3) is 4.28. The molecule has 0 saturated carbocycles. The van der Waals surface area contributed by atoms with E-state index >= 15 is 0 Å². The molecule has 0 aliphatic carbocycles. The zero-order valence-electron chi connectivity index (χ0n) is 6.63. The molecule has 0 rings (SSSR count). The van der Waals surface area contributed by atoms with Crippen molar-refractivity contribution in [1.82, 2.24) is 0 Å². The number of hydrogen-bond donors (Lipinski definition) is 1. The average molecular weight is 154 g/mol. The standard InChI is InChI=1S/C6H12O3.Na/c1-3-4(2)5(7)6(8)9;/h4-5,7H,3H2,1-2H3,(H,8,9);/q;+1/p-1/t4-,5-;/m1./s1. The summed E-state index contributed by atoms with van der Waals surface area (Å²) in [6.07, 6.45) is -0.662. The molecule has 1 N–H and O–H groups in total. The van der Waals surface area contributed by atoms with E-state index in [1.54, 1.807) is 6.92 Å². The van der Waals surface area contributed by atoms with Gasteiger partial charge in [-0.3, -0.25) is 0 Å². The number of carbonyl (C=O) groups is 1. The van der Waals surface area contributed by atoms with Crippen LogP contribution in [0.4, 0.5) is 0 Å². The van der Waals surface area contributed by atoms with Crippen LogP contribution in [-0.2, 0) is 4.79 Å². The van der Waals surface area contributed by atoms with Gasteiger partial charge in [-0.15, -0.1) is 0 Å². The summed E-state index contributed by atoms with van der Waals surface area (Å²) in [6, 6.07) is 0. The Balaban J connectivity index is 0. The van der Waals surface area contributed by atoms with E-state index in [1.165, 1.54) is 0 Å². The maximum atomic E-state index is 9.94. The van der Waals surface area contributed by atoms with E-state index in [1.807, 2.05) is 6.92 Å². The summed E-state index contributed by atoms with van der Waals surface area (Å²) in [7, 11) is 0. The number of aliphatic hydroxyl groups excluding tert-OH is 1. The van der Waals surface area contributed by atoms with Crippen LogP contribution in [-0.4, -0.2) is 17.2 Å². The number of rotatable bonds is 3. The van der Waals surface area contributed by atoms with Crippen molar-refractivity contribution in [2.75, 3.05) is 0 Å². The van der Waals surface area contributed by atoms with Crippen molar-refractivity contribution < 1.29 is 44.6 Å². The van der Waals surface area contributed by atoms with Gasteiger partial charge in [0.25, 0.3) is 0 Å². The largest absolute Gasteiger partial charge is 1.00 e. The Labute approximate surface area is 82.7 Å². The third-order valence-electron chi connectivity index (χ3n) is 1.42. The summed E-state index contributed by atoms with van der Waals surface area (Å²) in [6.45, 7) is 3.48. The summed E-state index contributed by atoms with van der Waals surface area (Å²) in [5.41, 5.74) is 0. The summed E-state index contributed by atoms with van der Waals surface area (Å²) < 4.78 is 0. The number of carboxylic acid groups (broad SMARTS) is 1. The molecular weight excluding hydrogens is 143 g/mol. The minimum Gasteiger partial charge on any atom is -0.547 e. The van der Waals surface area contributed by atoms with E-state index in [4.69, 9.17) is 5.11 Å². The first kappa shape index (κ1) is 13.1. The molecule has 0 radical (unpaired) electrons. The summed E-state index contributed by atoms with van der Waals surface area (Å²) >= 11 is 0. The zero-order valence-corrected chi connectivity index (χ0v) is 8.63. The van der Waals surface area contributed by atoms with Crippen molar-refractivity contribution in [3.8, 4) is 0 Å². The van der Waals surface area contributed by atoms with Gasteiger partial charge in [-0.05, 0) is 5.92 Å². The monoisotopic (exact) mass is 154 g/mol. The van der Waals surface area contributed by atoms with Crippen LogP contribution in [0.1, 0.15) is 20.3 Å². The number of carbonyl (C=O) groups excluding carboxylic acids is 1. The Morgan fingerprint density at radius 2 is 2.10 bits per heavy atom. The molecular formula is C6H11NaO3. The SMILES string of the molecule is CC[C@@H](C)[C@@H](O)C(=O)[O-].[Na+]. The maximum Gasteiger partial charge on any atom is 1.00 e. The van der Waals surface area contributed by atoms with Crippen molar-refractivity contribution >= 4 is 5.97 Å². The molecule has 0 aliphatic rings. The molecule has 0 spiro atoms. The minimum absolute atomic E-state index is 0. The van der Waals surface area contributed by atoms with Gasteiger partial charge in [-0.25, -0.2) is 0 Å². The molecule has 4 heteroatoms. The van der Waals surface area contributed by atoms with Gasteiger partial charge in [-0.1, -0.05) is 20.3 Å². The number of aliphatic carboxylic acids is 1.